The van der Waals surface area contributed by atoms with E-state index in [0.29, 0.717) is 26.1 Å². The van der Waals surface area contributed by atoms with Gasteiger partial charge >= 0.3 is 5.97 Å². The van der Waals surface area contributed by atoms with E-state index in [1.165, 1.54) is 23.1 Å². The number of nitrogens with zero attached hydrogens (tertiary/aromatic N) is 1. The van der Waals surface area contributed by atoms with Crippen LogP contribution in [0.4, 0.5) is 0 Å². The third kappa shape index (κ3) is 5.17. The maximum atomic E-state index is 13.0. The van der Waals surface area contributed by atoms with Crippen molar-refractivity contribution in [3.05, 3.63) is 28.8 Å². The van der Waals surface area contributed by atoms with Crippen molar-refractivity contribution in [1.29, 1.82) is 0 Å². The molecule has 1 saturated heterocycles. The maximum Gasteiger partial charge on any atom is 0.305 e. The molecule has 1 aromatic rings. The zero-order valence-electron chi connectivity index (χ0n) is 13.8. The lowest BCUT2D eigenvalue weighted by Gasteiger charge is -2.34. The summed E-state index contributed by atoms with van der Waals surface area (Å²) in [5, 5.41) is 9.08. The average molecular weight is 390 g/mol. The summed E-state index contributed by atoms with van der Waals surface area (Å²) in [6.07, 6.45) is 2.03. The molecule has 1 amide bonds. The van der Waals surface area contributed by atoms with Gasteiger partial charge in [0.1, 0.15) is 0 Å². The van der Waals surface area contributed by atoms with E-state index >= 15 is 0 Å². The fraction of sp³-hybridized carbons (Fsp3) is 0.500. The third-order valence-corrected chi connectivity index (χ3v) is 5.50. The number of sulfone groups is 1. The lowest BCUT2D eigenvalue weighted by Crippen LogP contribution is -2.44. The molecule has 1 aliphatic heterocycles. The Morgan fingerprint density at radius 3 is 2.52 bits per heavy atom. The Bertz CT molecular complexity index is 758. The number of halogens is 1. The summed E-state index contributed by atoms with van der Waals surface area (Å²) in [5.74, 6) is -1.48. The smallest absolute Gasteiger partial charge is 0.305 e. The van der Waals surface area contributed by atoms with Gasteiger partial charge in [0.2, 0.25) is 0 Å². The van der Waals surface area contributed by atoms with E-state index in [-0.39, 0.29) is 34.5 Å². The molecule has 2 rings (SSSR count). The van der Waals surface area contributed by atoms with E-state index in [0.717, 1.165) is 6.26 Å². The number of ether oxygens (including phenoxy) is 1. The SMILES string of the molecule is CS(=O)(=O)c1ccc(Cl)c(C(=O)N(CCC(=O)O)C2CCOCC2)c1. The van der Waals surface area contributed by atoms with Crippen molar-refractivity contribution in [2.45, 2.75) is 30.2 Å². The maximum absolute atomic E-state index is 13.0. The van der Waals surface area contributed by atoms with E-state index in [9.17, 15) is 18.0 Å². The number of carboxylic acid groups (broad SMARTS) is 1. The van der Waals surface area contributed by atoms with Crippen LogP contribution < -0.4 is 0 Å². The van der Waals surface area contributed by atoms with Crippen LogP contribution in [0, 0.1) is 0 Å². The normalized spacial score (nSPS) is 15.8. The van der Waals surface area contributed by atoms with Gasteiger partial charge in [0.15, 0.2) is 9.84 Å². The molecule has 138 valence electrons. The Morgan fingerprint density at radius 1 is 1.32 bits per heavy atom. The number of carbonyl (C=O) groups excluding carboxylic acids is 1. The monoisotopic (exact) mass is 389 g/mol. The zero-order valence-corrected chi connectivity index (χ0v) is 15.3. The highest BCUT2D eigenvalue weighted by Crippen LogP contribution is 2.25. The van der Waals surface area contributed by atoms with Crippen molar-refractivity contribution in [2.24, 2.45) is 0 Å². The van der Waals surface area contributed by atoms with Crippen LogP contribution in [0.15, 0.2) is 23.1 Å². The molecule has 1 aromatic carbocycles. The molecular formula is C16H20ClNO6S. The molecule has 1 fully saturated rings. The molecule has 1 aliphatic rings. The van der Waals surface area contributed by atoms with E-state index in [1.54, 1.807) is 0 Å². The second-order valence-corrected chi connectivity index (χ2v) is 8.32. The molecular weight excluding hydrogens is 370 g/mol. The average Bonchev–Trinajstić information content (AvgIpc) is 2.55. The first-order valence-electron chi connectivity index (χ1n) is 7.80. The van der Waals surface area contributed by atoms with Crippen LogP contribution >= 0.6 is 11.6 Å². The van der Waals surface area contributed by atoms with Crippen LogP contribution in [0.1, 0.15) is 29.6 Å². The molecule has 1 N–H and O–H groups in total. The molecule has 0 aromatic heterocycles. The van der Waals surface area contributed by atoms with Gasteiger partial charge in [0.25, 0.3) is 5.91 Å². The Morgan fingerprint density at radius 2 is 1.96 bits per heavy atom. The summed E-state index contributed by atoms with van der Waals surface area (Å²) in [5.41, 5.74) is 0.0569. The number of rotatable bonds is 6. The van der Waals surface area contributed by atoms with Crippen LogP contribution in [0.3, 0.4) is 0 Å². The van der Waals surface area contributed by atoms with Gasteiger partial charge in [-0.2, -0.15) is 0 Å². The highest BCUT2D eigenvalue weighted by molar-refractivity contribution is 7.90. The number of benzene rings is 1. The quantitative estimate of drug-likeness (QED) is 0.796. The molecule has 0 bridgehead atoms. The molecule has 1 heterocycles. The molecule has 7 nitrogen and oxygen atoms in total. The van der Waals surface area contributed by atoms with E-state index in [2.05, 4.69) is 0 Å². The fourth-order valence-corrected chi connectivity index (χ4v) is 3.56. The number of hydrogen-bond acceptors (Lipinski definition) is 5. The first kappa shape index (κ1) is 19.7. The Kier molecular flexibility index (Phi) is 6.42. The summed E-state index contributed by atoms with van der Waals surface area (Å²) < 4.78 is 28.8. The Labute approximate surface area is 151 Å². The summed E-state index contributed by atoms with van der Waals surface area (Å²) in [6, 6.07) is 3.78. The number of carboxylic acids is 1. The highest BCUT2D eigenvalue weighted by atomic mass is 35.5. The van der Waals surface area contributed by atoms with Crippen molar-refractivity contribution < 1.29 is 27.9 Å². The van der Waals surface area contributed by atoms with Gasteiger partial charge < -0.3 is 14.7 Å². The van der Waals surface area contributed by atoms with E-state index in [1.807, 2.05) is 0 Å². The first-order valence-corrected chi connectivity index (χ1v) is 10.1. The minimum absolute atomic E-state index is 0.00888. The summed E-state index contributed by atoms with van der Waals surface area (Å²) in [6.45, 7) is 0.996. The van der Waals surface area contributed by atoms with Gasteiger partial charge in [-0.3, -0.25) is 9.59 Å². The van der Waals surface area contributed by atoms with Gasteiger partial charge in [-0.1, -0.05) is 11.6 Å². The lowest BCUT2D eigenvalue weighted by atomic mass is 10.0. The van der Waals surface area contributed by atoms with E-state index < -0.39 is 21.7 Å². The molecule has 0 saturated carbocycles. The lowest BCUT2D eigenvalue weighted by molar-refractivity contribution is -0.137. The summed E-state index contributed by atoms with van der Waals surface area (Å²) >= 11 is 6.10. The molecule has 0 radical (unpaired) electrons. The molecule has 0 unspecified atom stereocenters. The molecule has 0 atom stereocenters. The topological polar surface area (TPSA) is 101 Å². The van der Waals surface area contributed by atoms with Gasteiger partial charge in [-0.25, -0.2) is 8.42 Å². The molecule has 0 spiro atoms. The minimum atomic E-state index is -3.50. The van der Waals surface area contributed by atoms with Crippen molar-refractivity contribution in [1.82, 2.24) is 4.90 Å². The van der Waals surface area contributed by atoms with Crippen LogP contribution in [0.2, 0.25) is 5.02 Å². The highest BCUT2D eigenvalue weighted by Gasteiger charge is 2.28. The number of aliphatic carboxylic acids is 1. The summed E-state index contributed by atoms with van der Waals surface area (Å²) in [4.78, 5) is 25.4. The Balaban J connectivity index is 2.36. The molecule has 25 heavy (non-hydrogen) atoms. The minimum Gasteiger partial charge on any atom is -0.481 e. The summed E-state index contributed by atoms with van der Waals surface area (Å²) in [7, 11) is -3.50. The molecule has 0 aliphatic carbocycles. The predicted octanol–water partition coefficient (Wildman–Crippen LogP) is 1.84. The van der Waals surface area contributed by atoms with Crippen LogP contribution in [0.5, 0.6) is 0 Å². The Hall–Kier alpha value is -1.64. The largest absolute Gasteiger partial charge is 0.481 e. The second-order valence-electron chi connectivity index (χ2n) is 5.90. The van der Waals surface area contributed by atoms with Gasteiger partial charge in [0.05, 0.1) is 21.9 Å². The predicted molar refractivity (Wildman–Crippen MR) is 91.7 cm³/mol. The second kappa shape index (κ2) is 8.16. The van der Waals surface area contributed by atoms with Crippen LogP contribution in [0.25, 0.3) is 0 Å². The zero-order chi connectivity index (χ0) is 18.6. The van der Waals surface area contributed by atoms with Gasteiger partial charge in [0, 0.05) is 32.1 Å². The van der Waals surface area contributed by atoms with Gasteiger partial charge in [-0.15, -0.1) is 0 Å². The van der Waals surface area contributed by atoms with Crippen molar-refractivity contribution >= 4 is 33.3 Å². The first-order chi connectivity index (χ1) is 11.7. The number of carbonyl (C=O) groups is 2. The van der Waals surface area contributed by atoms with Gasteiger partial charge in [-0.05, 0) is 31.0 Å². The fourth-order valence-electron chi connectivity index (χ4n) is 2.72. The number of amides is 1. The molecule has 9 heteroatoms. The van der Waals surface area contributed by atoms with E-state index in [4.69, 9.17) is 21.4 Å². The van der Waals surface area contributed by atoms with Crippen LogP contribution in [-0.2, 0) is 19.4 Å². The van der Waals surface area contributed by atoms with Crippen molar-refractivity contribution in [3.63, 3.8) is 0 Å². The van der Waals surface area contributed by atoms with Crippen molar-refractivity contribution in [2.75, 3.05) is 26.0 Å². The third-order valence-electron chi connectivity index (χ3n) is 4.06. The van der Waals surface area contributed by atoms with Crippen molar-refractivity contribution in [3.8, 4) is 0 Å². The van der Waals surface area contributed by atoms with Crippen LogP contribution in [-0.4, -0.2) is 62.4 Å². The standard InChI is InChI=1S/C16H20ClNO6S/c1-25(22,23)12-2-3-14(17)13(10-12)16(21)18(7-4-15(19)20)11-5-8-24-9-6-11/h2-3,10-11H,4-9H2,1H3,(H,19,20). The number of hydrogen-bond donors (Lipinski definition) is 1.